The van der Waals surface area contributed by atoms with E-state index in [1.165, 1.54) is 0 Å². The zero-order valence-electron chi connectivity index (χ0n) is 25.1. The first-order valence-corrected chi connectivity index (χ1v) is 14.7. The molecule has 1 saturated carbocycles. The van der Waals surface area contributed by atoms with Gasteiger partial charge in [-0.2, -0.15) is 10.5 Å². The molecule has 0 saturated heterocycles. The van der Waals surface area contributed by atoms with Crippen LogP contribution in [0.25, 0.3) is 0 Å². The summed E-state index contributed by atoms with van der Waals surface area (Å²) < 4.78 is 10.3. The highest BCUT2D eigenvalue weighted by Crippen LogP contribution is 2.42. The molecule has 0 spiro atoms. The molecule has 4 unspecified atom stereocenters. The molecule has 8 nitrogen and oxygen atoms in total. The molecule has 4 atom stereocenters. The molecule has 3 rings (SSSR count). The molecule has 0 aromatic rings. The van der Waals surface area contributed by atoms with E-state index < -0.39 is 17.9 Å². The summed E-state index contributed by atoms with van der Waals surface area (Å²) in [7, 11) is 0. The monoisotopic (exact) mass is 550 g/mol. The van der Waals surface area contributed by atoms with Gasteiger partial charge in [-0.25, -0.2) is 4.79 Å². The number of rotatable bonds is 9. The Morgan fingerprint density at radius 3 is 2.12 bits per heavy atom. The van der Waals surface area contributed by atoms with Crippen LogP contribution in [0.15, 0.2) is 34.7 Å². The molecule has 0 amide bonds. The van der Waals surface area contributed by atoms with Gasteiger partial charge in [0, 0.05) is 29.4 Å². The maximum absolute atomic E-state index is 12.5. The van der Waals surface area contributed by atoms with Crippen LogP contribution >= 0.6 is 0 Å². The van der Waals surface area contributed by atoms with E-state index >= 15 is 0 Å². The molecule has 0 aromatic carbocycles. The van der Waals surface area contributed by atoms with Crippen molar-refractivity contribution in [2.75, 3.05) is 13.2 Å². The van der Waals surface area contributed by atoms with Gasteiger partial charge in [0.15, 0.2) is 0 Å². The first-order valence-electron chi connectivity index (χ1n) is 14.7. The molecule has 3 aliphatic carbocycles. The second-order valence-corrected chi connectivity index (χ2v) is 13.0. The van der Waals surface area contributed by atoms with E-state index in [-0.39, 0.29) is 47.6 Å². The molecule has 0 heterocycles. The van der Waals surface area contributed by atoms with Crippen molar-refractivity contribution in [2.24, 2.45) is 22.7 Å². The van der Waals surface area contributed by atoms with Crippen LogP contribution in [0.2, 0.25) is 0 Å². The average molecular weight is 551 g/mol. The zero-order chi connectivity index (χ0) is 29.5. The van der Waals surface area contributed by atoms with Gasteiger partial charge in [-0.05, 0) is 74.9 Å². The topological polar surface area (TPSA) is 124 Å². The number of ether oxygens (including phenoxy) is 2. The van der Waals surface area contributed by atoms with E-state index in [0.29, 0.717) is 6.42 Å². The van der Waals surface area contributed by atoms with Crippen LogP contribution in [0.3, 0.4) is 0 Å². The lowest BCUT2D eigenvalue weighted by Gasteiger charge is -2.41. The Labute approximate surface area is 239 Å². The second kappa shape index (κ2) is 13.4. The van der Waals surface area contributed by atoms with E-state index in [1.54, 1.807) is 13.8 Å². The lowest BCUT2D eigenvalue weighted by molar-refractivity contribution is -0.147. The minimum atomic E-state index is -0.815. The molecular weight excluding hydrogens is 504 g/mol. The van der Waals surface area contributed by atoms with Crippen LogP contribution in [0, 0.1) is 45.3 Å². The van der Waals surface area contributed by atoms with E-state index in [1.807, 2.05) is 6.08 Å². The summed E-state index contributed by atoms with van der Waals surface area (Å²) in [6.45, 7) is 12.7. The Hall–Kier alpha value is -3.26. The predicted octanol–water partition coefficient (Wildman–Crippen LogP) is 5.59. The smallest absolute Gasteiger partial charge is 0.349 e. The summed E-state index contributed by atoms with van der Waals surface area (Å²) >= 11 is 0. The molecule has 218 valence electrons. The molecule has 0 bridgehead atoms. The fourth-order valence-electron chi connectivity index (χ4n) is 6.53. The molecule has 3 aliphatic rings. The molecule has 40 heavy (non-hydrogen) atoms. The summed E-state index contributed by atoms with van der Waals surface area (Å²) in [6.07, 6.45) is 11.4. The van der Waals surface area contributed by atoms with Gasteiger partial charge in [0.1, 0.15) is 17.6 Å². The highest BCUT2D eigenvalue weighted by Gasteiger charge is 2.38. The average Bonchev–Trinajstić information content (AvgIpc) is 2.84. The number of nitriles is 2. The van der Waals surface area contributed by atoms with Gasteiger partial charge in [-0.1, -0.05) is 46.6 Å². The second-order valence-electron chi connectivity index (χ2n) is 13.0. The van der Waals surface area contributed by atoms with Crippen molar-refractivity contribution < 1.29 is 19.1 Å². The first-order chi connectivity index (χ1) is 18.9. The maximum Gasteiger partial charge on any atom is 0.349 e. The molecule has 0 aliphatic heterocycles. The first kappa shape index (κ1) is 31.3. The number of hydrogen-bond acceptors (Lipinski definition) is 8. The van der Waals surface area contributed by atoms with Crippen molar-refractivity contribution in [3.63, 3.8) is 0 Å². The van der Waals surface area contributed by atoms with Crippen LogP contribution in [-0.2, 0) is 19.1 Å². The van der Waals surface area contributed by atoms with Gasteiger partial charge in [0.05, 0.1) is 19.3 Å². The van der Waals surface area contributed by atoms with Gasteiger partial charge in [0.25, 0.3) is 0 Å². The summed E-state index contributed by atoms with van der Waals surface area (Å²) in [4.78, 5) is 25.0. The number of nitrogens with zero attached hydrogens (tertiary/aromatic N) is 2. The largest absolute Gasteiger partial charge is 0.465 e. The number of carbonyl (C=O) groups excluding carboxylic acids is 2. The van der Waals surface area contributed by atoms with E-state index in [4.69, 9.17) is 9.47 Å². The lowest BCUT2D eigenvalue weighted by Crippen LogP contribution is -2.50. The minimum absolute atomic E-state index is 0.0582. The third-order valence-electron chi connectivity index (χ3n) is 8.09. The minimum Gasteiger partial charge on any atom is -0.465 e. The summed E-state index contributed by atoms with van der Waals surface area (Å²) in [5.74, 6) is -2.03. The fraction of sp³-hybridized carbons (Fsp3) is 0.688. The Bertz CT molecular complexity index is 1130. The normalized spacial score (nSPS) is 27.4. The van der Waals surface area contributed by atoms with Gasteiger partial charge in [0.2, 0.25) is 0 Å². The van der Waals surface area contributed by atoms with Crippen molar-refractivity contribution >= 4 is 11.9 Å². The Kier molecular flexibility index (Phi) is 10.5. The van der Waals surface area contributed by atoms with Gasteiger partial charge < -0.3 is 20.1 Å². The standard InChI is InChI=1S/C32H46N4O4/c1-7-39-29(37)25(19-33)21-13-23(17-31(3,4)15-21)35-27-11-9-10-12-28(27)36-24-14-22(16-32(5,6)18-24)26(20-34)30(38)40-8-2/h13-14,21,25,27-28,35-36H,7-12,15-18H2,1-6H3/b26-22-. The van der Waals surface area contributed by atoms with Crippen LogP contribution in [0.5, 0.6) is 0 Å². The lowest BCUT2D eigenvalue weighted by atomic mass is 9.70. The van der Waals surface area contributed by atoms with Crippen molar-refractivity contribution in [3.8, 4) is 12.1 Å². The summed E-state index contributed by atoms with van der Waals surface area (Å²) in [5.41, 5.74) is 2.75. The highest BCUT2D eigenvalue weighted by atomic mass is 16.5. The number of esters is 2. The number of nitrogens with one attached hydrogen (secondary N) is 2. The number of carbonyl (C=O) groups is 2. The van der Waals surface area contributed by atoms with Gasteiger partial charge in [-0.3, -0.25) is 4.79 Å². The Morgan fingerprint density at radius 1 is 0.950 bits per heavy atom. The SMILES string of the molecule is CCOC(=O)/C(C#N)=C1/C=C(NC2CCCCC2NC2=CC(C(C#N)C(=O)OCC)CC(C)(C)C2)CC(C)(C)C1. The van der Waals surface area contributed by atoms with Crippen LogP contribution in [0.4, 0.5) is 0 Å². The van der Waals surface area contributed by atoms with E-state index in [0.717, 1.165) is 61.9 Å². The fourth-order valence-corrected chi connectivity index (χ4v) is 6.53. The Morgan fingerprint density at radius 2 is 1.55 bits per heavy atom. The van der Waals surface area contributed by atoms with Crippen molar-refractivity contribution in [3.05, 3.63) is 34.7 Å². The van der Waals surface area contributed by atoms with Crippen LogP contribution in [0.1, 0.15) is 92.9 Å². The van der Waals surface area contributed by atoms with E-state index in [9.17, 15) is 20.1 Å². The number of hydrogen-bond donors (Lipinski definition) is 2. The summed E-state index contributed by atoms with van der Waals surface area (Å²) in [6, 6.07) is 4.62. The van der Waals surface area contributed by atoms with Crippen molar-refractivity contribution in [1.29, 1.82) is 10.5 Å². The molecule has 1 fully saturated rings. The van der Waals surface area contributed by atoms with Gasteiger partial charge >= 0.3 is 11.9 Å². The van der Waals surface area contributed by atoms with Crippen LogP contribution in [-0.4, -0.2) is 37.2 Å². The molecular formula is C32H46N4O4. The molecule has 8 heteroatoms. The molecule has 0 aromatic heterocycles. The van der Waals surface area contributed by atoms with E-state index in [2.05, 4.69) is 56.5 Å². The van der Waals surface area contributed by atoms with Crippen molar-refractivity contribution in [2.45, 2.75) is 105 Å². The maximum atomic E-state index is 12.5. The van der Waals surface area contributed by atoms with Gasteiger partial charge in [-0.15, -0.1) is 0 Å². The zero-order valence-corrected chi connectivity index (χ0v) is 25.1. The number of allylic oxidation sites excluding steroid dienone is 5. The molecule has 0 radical (unpaired) electrons. The third kappa shape index (κ3) is 8.13. The van der Waals surface area contributed by atoms with Crippen molar-refractivity contribution in [1.82, 2.24) is 10.6 Å². The quantitative estimate of drug-likeness (QED) is 0.216. The highest BCUT2D eigenvalue weighted by molar-refractivity contribution is 5.94. The Balaban J connectivity index is 1.84. The summed E-state index contributed by atoms with van der Waals surface area (Å²) in [5, 5.41) is 27.1. The molecule has 2 N–H and O–H groups in total. The third-order valence-corrected chi connectivity index (χ3v) is 8.09. The predicted molar refractivity (Wildman–Crippen MR) is 153 cm³/mol. The van der Waals surface area contributed by atoms with Crippen LogP contribution < -0.4 is 10.6 Å².